The van der Waals surface area contributed by atoms with Crippen LogP contribution < -0.4 is 10.6 Å². The minimum absolute atomic E-state index is 0.522. The molecule has 1 fully saturated rings. The van der Waals surface area contributed by atoms with Crippen molar-refractivity contribution in [2.24, 2.45) is 12.0 Å². The fraction of sp³-hybridized carbons (Fsp3) is 0.565. The molecule has 1 aliphatic rings. The van der Waals surface area contributed by atoms with Crippen molar-refractivity contribution < 1.29 is 0 Å². The summed E-state index contributed by atoms with van der Waals surface area (Å²) in [6, 6.07) is 11.3. The first-order valence-corrected chi connectivity index (χ1v) is 10.9. The molecule has 1 atom stereocenters. The third-order valence-corrected chi connectivity index (χ3v) is 5.86. The van der Waals surface area contributed by atoms with Crippen molar-refractivity contribution in [1.29, 1.82) is 0 Å². The molecule has 158 valence electrons. The van der Waals surface area contributed by atoms with Crippen molar-refractivity contribution in [3.05, 3.63) is 52.8 Å². The van der Waals surface area contributed by atoms with Crippen LogP contribution in [-0.4, -0.2) is 52.9 Å². The van der Waals surface area contributed by atoms with Crippen LogP contribution in [-0.2, 0) is 20.0 Å². The van der Waals surface area contributed by atoms with Crippen molar-refractivity contribution in [3.8, 4) is 0 Å². The van der Waals surface area contributed by atoms with E-state index in [1.165, 1.54) is 36.2 Å². The average Bonchev–Trinajstić information content (AvgIpc) is 3.25. The predicted octanol–water partition coefficient (Wildman–Crippen LogP) is 2.80. The highest BCUT2D eigenvalue weighted by atomic mass is 15.3. The third-order valence-electron chi connectivity index (χ3n) is 5.86. The van der Waals surface area contributed by atoms with E-state index < -0.39 is 0 Å². The van der Waals surface area contributed by atoms with Crippen LogP contribution in [0, 0.1) is 13.8 Å². The number of aryl methyl sites for hydroxylation is 2. The molecule has 1 saturated heterocycles. The Morgan fingerprint density at radius 1 is 1.21 bits per heavy atom. The Morgan fingerprint density at radius 2 is 2.00 bits per heavy atom. The fourth-order valence-corrected chi connectivity index (χ4v) is 4.15. The van der Waals surface area contributed by atoms with Crippen LogP contribution in [0.5, 0.6) is 0 Å². The zero-order chi connectivity index (χ0) is 20.6. The smallest absolute Gasteiger partial charge is 0.191 e. The first kappa shape index (κ1) is 21.4. The first-order chi connectivity index (χ1) is 14.1. The highest BCUT2D eigenvalue weighted by molar-refractivity contribution is 5.79. The van der Waals surface area contributed by atoms with Crippen molar-refractivity contribution in [2.45, 2.75) is 52.6 Å². The van der Waals surface area contributed by atoms with Crippen LogP contribution in [0.4, 0.5) is 0 Å². The van der Waals surface area contributed by atoms with Crippen LogP contribution in [0.2, 0.25) is 0 Å². The summed E-state index contributed by atoms with van der Waals surface area (Å²) in [5.74, 6) is 0.915. The molecule has 6 heteroatoms. The van der Waals surface area contributed by atoms with Gasteiger partial charge in [-0.3, -0.25) is 14.6 Å². The molecule has 2 N–H and O–H groups in total. The molecule has 1 aromatic carbocycles. The van der Waals surface area contributed by atoms with E-state index in [0.29, 0.717) is 6.04 Å². The van der Waals surface area contributed by atoms with Crippen molar-refractivity contribution in [2.75, 3.05) is 26.2 Å². The number of aromatic nitrogens is 2. The molecule has 0 aliphatic carbocycles. The van der Waals surface area contributed by atoms with E-state index in [-0.39, 0.29) is 0 Å². The fourth-order valence-electron chi connectivity index (χ4n) is 4.15. The number of guanidine groups is 1. The summed E-state index contributed by atoms with van der Waals surface area (Å²) < 4.78 is 1.96. The van der Waals surface area contributed by atoms with Crippen LogP contribution in [0.25, 0.3) is 0 Å². The lowest BCUT2D eigenvalue weighted by molar-refractivity contribution is 0.250. The standard InChI is InChI=1S/C23H36N6/c1-5-24-23(25-14-13-22-18(2)27-28(4)19(22)3)26-16-21-12-9-15-29(21)17-20-10-7-6-8-11-20/h6-8,10-11,21H,5,9,12-17H2,1-4H3,(H2,24,25,26). The Bertz CT molecular complexity index is 795. The van der Waals surface area contributed by atoms with Gasteiger partial charge in [-0.1, -0.05) is 30.3 Å². The number of hydrogen-bond acceptors (Lipinski definition) is 3. The summed E-state index contributed by atoms with van der Waals surface area (Å²) in [5, 5.41) is 11.4. The van der Waals surface area contributed by atoms with Crippen LogP contribution in [0.1, 0.15) is 42.3 Å². The monoisotopic (exact) mass is 396 g/mol. The SMILES string of the molecule is CCNC(=NCC1CCCN1Cc1ccccc1)NCCc1c(C)nn(C)c1C. The maximum Gasteiger partial charge on any atom is 0.191 e. The van der Waals surface area contributed by atoms with Crippen LogP contribution >= 0.6 is 0 Å². The zero-order valence-electron chi connectivity index (χ0n) is 18.4. The van der Waals surface area contributed by atoms with Crippen LogP contribution in [0.15, 0.2) is 35.3 Å². The summed E-state index contributed by atoms with van der Waals surface area (Å²) >= 11 is 0. The molecule has 0 saturated carbocycles. The van der Waals surface area contributed by atoms with Gasteiger partial charge in [0.15, 0.2) is 5.96 Å². The van der Waals surface area contributed by atoms with Crippen molar-refractivity contribution in [3.63, 3.8) is 0 Å². The normalized spacial score (nSPS) is 17.7. The Kier molecular flexibility index (Phi) is 7.69. The second-order valence-electron chi connectivity index (χ2n) is 7.92. The zero-order valence-corrected chi connectivity index (χ0v) is 18.4. The molecular formula is C23H36N6. The number of nitrogens with zero attached hydrogens (tertiary/aromatic N) is 4. The molecule has 2 heterocycles. The molecule has 0 bridgehead atoms. The second kappa shape index (κ2) is 10.4. The summed E-state index contributed by atoms with van der Waals surface area (Å²) in [7, 11) is 2.01. The topological polar surface area (TPSA) is 57.5 Å². The minimum atomic E-state index is 0.522. The minimum Gasteiger partial charge on any atom is -0.357 e. The van der Waals surface area contributed by atoms with Gasteiger partial charge in [-0.25, -0.2) is 0 Å². The molecule has 3 rings (SSSR count). The number of benzene rings is 1. The maximum absolute atomic E-state index is 4.90. The quantitative estimate of drug-likeness (QED) is 0.532. The molecule has 1 aromatic heterocycles. The highest BCUT2D eigenvalue weighted by Gasteiger charge is 2.24. The number of nitrogens with one attached hydrogen (secondary N) is 2. The summed E-state index contributed by atoms with van der Waals surface area (Å²) in [6.07, 6.45) is 3.44. The molecule has 6 nitrogen and oxygen atoms in total. The average molecular weight is 397 g/mol. The maximum atomic E-state index is 4.90. The molecule has 1 unspecified atom stereocenters. The highest BCUT2D eigenvalue weighted by Crippen LogP contribution is 2.20. The lowest BCUT2D eigenvalue weighted by Crippen LogP contribution is -2.40. The van der Waals surface area contributed by atoms with Gasteiger partial charge in [0.2, 0.25) is 0 Å². The number of likely N-dealkylation sites (tertiary alicyclic amines) is 1. The third kappa shape index (κ3) is 5.82. The van der Waals surface area contributed by atoms with Crippen LogP contribution in [0.3, 0.4) is 0 Å². The van der Waals surface area contributed by atoms with E-state index in [1.54, 1.807) is 0 Å². The lowest BCUT2D eigenvalue weighted by atomic mass is 10.1. The molecular weight excluding hydrogens is 360 g/mol. The Labute approximate surface area is 175 Å². The van der Waals surface area contributed by atoms with Gasteiger partial charge < -0.3 is 10.6 Å². The molecule has 29 heavy (non-hydrogen) atoms. The van der Waals surface area contributed by atoms with E-state index in [4.69, 9.17) is 4.99 Å². The van der Waals surface area contributed by atoms with E-state index in [0.717, 1.165) is 44.3 Å². The largest absolute Gasteiger partial charge is 0.357 e. The Hall–Kier alpha value is -2.34. The Balaban J connectivity index is 1.54. The molecule has 1 aliphatic heterocycles. The van der Waals surface area contributed by atoms with Gasteiger partial charge >= 0.3 is 0 Å². The summed E-state index contributed by atoms with van der Waals surface area (Å²) in [4.78, 5) is 7.47. The summed E-state index contributed by atoms with van der Waals surface area (Å²) in [6.45, 7) is 11.1. The first-order valence-electron chi connectivity index (χ1n) is 10.9. The summed E-state index contributed by atoms with van der Waals surface area (Å²) in [5.41, 5.74) is 5.08. The van der Waals surface area contributed by atoms with Gasteiger partial charge in [0, 0.05) is 38.4 Å². The van der Waals surface area contributed by atoms with Gasteiger partial charge in [0.05, 0.1) is 12.2 Å². The lowest BCUT2D eigenvalue weighted by Gasteiger charge is -2.23. The van der Waals surface area contributed by atoms with Gasteiger partial charge in [-0.05, 0) is 57.7 Å². The molecule has 0 spiro atoms. The van der Waals surface area contributed by atoms with Crippen molar-refractivity contribution in [1.82, 2.24) is 25.3 Å². The van der Waals surface area contributed by atoms with Crippen molar-refractivity contribution >= 4 is 5.96 Å². The number of hydrogen-bond donors (Lipinski definition) is 2. The van der Waals surface area contributed by atoms with Gasteiger partial charge in [-0.15, -0.1) is 0 Å². The number of rotatable bonds is 8. The van der Waals surface area contributed by atoms with E-state index >= 15 is 0 Å². The van der Waals surface area contributed by atoms with E-state index in [9.17, 15) is 0 Å². The van der Waals surface area contributed by atoms with Gasteiger partial charge in [-0.2, -0.15) is 5.10 Å². The molecule has 2 aromatic rings. The van der Waals surface area contributed by atoms with Gasteiger partial charge in [0.1, 0.15) is 0 Å². The van der Waals surface area contributed by atoms with E-state index in [2.05, 4.69) is 71.7 Å². The van der Waals surface area contributed by atoms with Gasteiger partial charge in [0.25, 0.3) is 0 Å². The molecule has 0 amide bonds. The Morgan fingerprint density at radius 3 is 2.69 bits per heavy atom. The second-order valence-corrected chi connectivity index (χ2v) is 7.92. The number of aliphatic imine (C=N–C) groups is 1. The van der Waals surface area contributed by atoms with E-state index in [1.807, 2.05) is 11.7 Å². The predicted molar refractivity (Wildman–Crippen MR) is 120 cm³/mol. The molecule has 0 radical (unpaired) electrons.